The summed E-state index contributed by atoms with van der Waals surface area (Å²) in [6, 6.07) is 9.16. The summed E-state index contributed by atoms with van der Waals surface area (Å²) < 4.78 is 2.50. The summed E-state index contributed by atoms with van der Waals surface area (Å²) in [5, 5.41) is 1.52. The van der Waals surface area contributed by atoms with Gasteiger partial charge in [0.15, 0.2) is 0 Å². The van der Waals surface area contributed by atoms with Crippen molar-refractivity contribution in [3.05, 3.63) is 47.2 Å². The predicted octanol–water partition coefficient (Wildman–Crippen LogP) is 9.13. The zero-order valence-corrected chi connectivity index (χ0v) is 23.4. The van der Waals surface area contributed by atoms with Crippen molar-refractivity contribution in [3.8, 4) is 0 Å². The first-order chi connectivity index (χ1) is 16.7. The molecule has 0 spiro atoms. The fourth-order valence-corrected chi connectivity index (χ4v) is 10.2. The van der Waals surface area contributed by atoms with E-state index in [-0.39, 0.29) is 0 Å². The number of para-hydroxylation sites is 1. The Balaban J connectivity index is 1.27. The molecule has 2 aromatic rings. The third-order valence-electron chi connectivity index (χ3n) is 12.1. The van der Waals surface area contributed by atoms with Gasteiger partial charge >= 0.3 is 0 Å². The number of hydrogen-bond donors (Lipinski definition) is 0. The minimum atomic E-state index is 0.363. The normalized spacial score (nSPS) is 36.9. The van der Waals surface area contributed by atoms with Crippen molar-refractivity contribution in [2.45, 2.75) is 98.8 Å². The van der Waals surface area contributed by atoms with E-state index in [9.17, 15) is 0 Å². The van der Waals surface area contributed by atoms with E-state index >= 15 is 0 Å². The van der Waals surface area contributed by atoms with Crippen molar-refractivity contribution in [1.29, 1.82) is 0 Å². The molecule has 2 fully saturated rings. The average Bonchev–Trinajstić information content (AvgIpc) is 3.32. The Morgan fingerprint density at radius 1 is 1.00 bits per heavy atom. The Hall–Kier alpha value is -1.50. The van der Waals surface area contributed by atoms with Crippen LogP contribution in [0.15, 0.2) is 35.9 Å². The second-order valence-corrected chi connectivity index (χ2v) is 14.1. The molecule has 0 amide bonds. The van der Waals surface area contributed by atoms with Crippen LogP contribution in [0.2, 0.25) is 0 Å². The van der Waals surface area contributed by atoms with Crippen LogP contribution in [-0.2, 0) is 19.9 Å². The molecule has 1 aromatic carbocycles. The van der Waals surface area contributed by atoms with E-state index in [1.54, 1.807) is 16.8 Å². The van der Waals surface area contributed by atoms with E-state index < -0.39 is 0 Å². The van der Waals surface area contributed by atoms with Gasteiger partial charge in [0.25, 0.3) is 0 Å². The van der Waals surface area contributed by atoms with Gasteiger partial charge in [0, 0.05) is 30.1 Å². The van der Waals surface area contributed by atoms with E-state index in [0.29, 0.717) is 10.8 Å². The average molecular weight is 472 g/mol. The molecule has 0 N–H and O–H groups in total. The molecule has 0 radical (unpaired) electrons. The van der Waals surface area contributed by atoms with Crippen molar-refractivity contribution in [3.63, 3.8) is 0 Å². The Morgan fingerprint density at radius 3 is 2.60 bits per heavy atom. The highest BCUT2D eigenvalue weighted by molar-refractivity contribution is 5.86. The molecule has 35 heavy (non-hydrogen) atoms. The van der Waals surface area contributed by atoms with Crippen LogP contribution in [0.25, 0.3) is 10.9 Å². The van der Waals surface area contributed by atoms with Gasteiger partial charge in [0.2, 0.25) is 0 Å². The van der Waals surface area contributed by atoms with E-state index in [1.807, 2.05) is 0 Å². The van der Waals surface area contributed by atoms with Gasteiger partial charge in [-0.05, 0) is 96.5 Å². The number of fused-ring (bicyclic) bond motifs is 8. The number of benzene rings is 1. The molecule has 2 saturated carbocycles. The highest BCUT2D eigenvalue weighted by Crippen LogP contribution is 2.67. The second-order valence-electron chi connectivity index (χ2n) is 14.1. The number of hydrogen-bond acceptors (Lipinski definition) is 0. The lowest BCUT2D eigenvalue weighted by molar-refractivity contribution is -0.0452. The first-order valence-corrected chi connectivity index (χ1v) is 15.0. The monoisotopic (exact) mass is 471 g/mol. The minimum absolute atomic E-state index is 0.363. The minimum Gasteiger partial charge on any atom is -0.347 e. The van der Waals surface area contributed by atoms with Gasteiger partial charge in [0.1, 0.15) is 0 Å². The largest absolute Gasteiger partial charge is 0.347 e. The lowest BCUT2D eigenvalue weighted by Gasteiger charge is -2.58. The van der Waals surface area contributed by atoms with Crippen LogP contribution in [0.3, 0.4) is 0 Å². The molecule has 0 aliphatic heterocycles. The maximum atomic E-state index is 2.74. The Labute approximate surface area is 214 Å². The molecule has 1 nitrogen and oxygen atoms in total. The van der Waals surface area contributed by atoms with Gasteiger partial charge < -0.3 is 4.57 Å². The fraction of sp³-hybridized carbons (Fsp3) is 0.706. The molecule has 0 saturated heterocycles. The first kappa shape index (κ1) is 23.9. The van der Waals surface area contributed by atoms with Gasteiger partial charge in [-0.15, -0.1) is 0 Å². The van der Waals surface area contributed by atoms with Gasteiger partial charge in [0.05, 0.1) is 0 Å². The summed E-state index contributed by atoms with van der Waals surface area (Å²) in [6.07, 6.45) is 16.7. The van der Waals surface area contributed by atoms with E-state index in [1.165, 1.54) is 75.1 Å². The predicted molar refractivity (Wildman–Crippen MR) is 150 cm³/mol. The molecule has 7 unspecified atom stereocenters. The van der Waals surface area contributed by atoms with Crippen molar-refractivity contribution < 1.29 is 0 Å². The van der Waals surface area contributed by atoms with E-state index in [4.69, 9.17) is 0 Å². The zero-order valence-electron chi connectivity index (χ0n) is 23.4. The number of nitrogens with zero attached hydrogens (tertiary/aromatic N) is 1. The first-order valence-electron chi connectivity index (χ1n) is 15.0. The Bertz CT molecular complexity index is 1130. The molecular weight excluding hydrogens is 422 g/mol. The van der Waals surface area contributed by atoms with Gasteiger partial charge in [-0.1, -0.05) is 83.7 Å². The molecule has 1 heteroatoms. The summed E-state index contributed by atoms with van der Waals surface area (Å²) in [6.45, 7) is 12.8. The summed E-state index contributed by atoms with van der Waals surface area (Å²) in [7, 11) is 2.29. The van der Waals surface area contributed by atoms with E-state index in [2.05, 4.69) is 76.6 Å². The molecule has 0 bridgehead atoms. The highest BCUT2D eigenvalue weighted by Gasteiger charge is 2.59. The number of aromatic nitrogens is 1. The molecule has 190 valence electrons. The maximum Gasteiger partial charge on any atom is 0.0482 e. The van der Waals surface area contributed by atoms with Gasteiger partial charge in [-0.2, -0.15) is 0 Å². The highest BCUT2D eigenvalue weighted by atomic mass is 15.0. The van der Waals surface area contributed by atoms with Crippen LogP contribution < -0.4 is 0 Å². The third kappa shape index (κ3) is 3.53. The smallest absolute Gasteiger partial charge is 0.0482 e. The topological polar surface area (TPSA) is 4.93 Å². The van der Waals surface area contributed by atoms with E-state index in [0.717, 1.165) is 35.5 Å². The lowest BCUT2D eigenvalue weighted by Crippen LogP contribution is -2.51. The molecular formula is C34H49N. The quantitative estimate of drug-likeness (QED) is 0.383. The standard InChI is InChI=1S/C34H49N/c1-22(2)10-9-11-23(3)28-16-17-29-26-15-14-24-20-32-27(25-12-7-8-13-31(25)35(32)6)21-34(24,5)30(26)18-19-33(28,29)4/h7-8,12-14,22-23,26,28-30H,9-11,15-21H2,1-6H3. The molecule has 4 aliphatic rings. The molecule has 4 aliphatic carbocycles. The summed E-state index contributed by atoms with van der Waals surface area (Å²) >= 11 is 0. The lowest BCUT2D eigenvalue weighted by atomic mass is 9.47. The van der Waals surface area contributed by atoms with Crippen molar-refractivity contribution in [2.75, 3.05) is 0 Å². The number of allylic oxidation sites excluding steroid dienone is 2. The summed E-state index contributed by atoms with van der Waals surface area (Å²) in [5.41, 5.74) is 7.40. The number of aryl methyl sites for hydroxylation is 1. The number of rotatable bonds is 5. The van der Waals surface area contributed by atoms with Crippen LogP contribution >= 0.6 is 0 Å². The van der Waals surface area contributed by atoms with Crippen LogP contribution in [-0.4, -0.2) is 4.57 Å². The van der Waals surface area contributed by atoms with Crippen molar-refractivity contribution in [2.24, 2.45) is 53.4 Å². The van der Waals surface area contributed by atoms with Gasteiger partial charge in [-0.3, -0.25) is 0 Å². The molecule has 1 aromatic heterocycles. The molecule has 1 heterocycles. The Morgan fingerprint density at radius 2 is 1.80 bits per heavy atom. The maximum absolute atomic E-state index is 2.74. The third-order valence-corrected chi connectivity index (χ3v) is 12.1. The van der Waals surface area contributed by atoms with Gasteiger partial charge in [-0.25, -0.2) is 0 Å². The molecule has 6 rings (SSSR count). The Kier molecular flexibility index (Phi) is 5.82. The van der Waals surface area contributed by atoms with Crippen LogP contribution in [0.5, 0.6) is 0 Å². The summed E-state index contributed by atoms with van der Waals surface area (Å²) in [4.78, 5) is 0. The SMILES string of the molecule is CC(C)CCCC(C)C1CCC2C3CC=C4Cc5c(c6ccccc6n5C)CC4(C)C3CCC12C. The summed E-state index contributed by atoms with van der Waals surface area (Å²) in [5.74, 6) is 5.44. The zero-order chi connectivity index (χ0) is 24.5. The van der Waals surface area contributed by atoms with Crippen molar-refractivity contribution >= 4 is 10.9 Å². The van der Waals surface area contributed by atoms with Crippen LogP contribution in [0.4, 0.5) is 0 Å². The molecule has 7 atom stereocenters. The van der Waals surface area contributed by atoms with Crippen LogP contribution in [0.1, 0.15) is 97.2 Å². The van der Waals surface area contributed by atoms with Crippen molar-refractivity contribution in [1.82, 2.24) is 4.57 Å². The van der Waals surface area contributed by atoms with Crippen LogP contribution in [0, 0.1) is 46.3 Å². The fourth-order valence-electron chi connectivity index (χ4n) is 10.2. The second kappa shape index (κ2) is 8.53.